The topological polar surface area (TPSA) is 76.1 Å². The molecule has 80 valence electrons. The molecule has 1 aromatic heterocycles. The summed E-state index contributed by atoms with van der Waals surface area (Å²) in [5, 5.41) is 5.03. The molecular weight excluding hydrogens is 216 g/mol. The Balaban J connectivity index is 2.40. The summed E-state index contributed by atoms with van der Waals surface area (Å²) in [5.74, 6) is 0.319. The van der Waals surface area contributed by atoms with Gasteiger partial charge in [0.2, 0.25) is 5.95 Å². The molecule has 2 N–H and O–H groups in total. The zero-order valence-corrected chi connectivity index (χ0v) is 8.87. The number of rotatable bonds is 2. The number of hydrogen-bond acceptors (Lipinski definition) is 5. The Hall–Kier alpha value is -1.76. The van der Waals surface area contributed by atoms with E-state index >= 15 is 0 Å². The first-order valence-corrected chi connectivity index (χ1v) is 4.65. The summed E-state index contributed by atoms with van der Waals surface area (Å²) in [4.78, 5) is 18.7. The fourth-order valence-corrected chi connectivity index (χ4v) is 0.931. The molecule has 0 fully saturated rings. The van der Waals surface area contributed by atoms with E-state index in [0.29, 0.717) is 5.95 Å². The summed E-state index contributed by atoms with van der Waals surface area (Å²) in [5.41, 5.74) is 0. The number of ether oxygens (including phenoxy) is 1. The Labute approximate surface area is 92.1 Å². The minimum Gasteiger partial charge on any atom is -0.450 e. The normalized spacial score (nSPS) is 9.13. The largest absolute Gasteiger partial charge is 0.450 e. The van der Waals surface area contributed by atoms with Crippen molar-refractivity contribution in [2.75, 3.05) is 11.9 Å². The number of amides is 1. The average molecular weight is 226 g/mol. The SMILES string of the molecule is CCOC(=O)NC(=S)Nc1ncccn1. The lowest BCUT2D eigenvalue weighted by atomic mass is 10.7. The smallest absolute Gasteiger partial charge is 0.413 e. The molecule has 0 aliphatic heterocycles. The zero-order chi connectivity index (χ0) is 11.1. The molecule has 0 aromatic carbocycles. The van der Waals surface area contributed by atoms with Crippen molar-refractivity contribution >= 4 is 29.4 Å². The molecule has 1 heterocycles. The molecule has 0 aliphatic rings. The molecule has 1 amide bonds. The van der Waals surface area contributed by atoms with Crippen molar-refractivity contribution in [1.29, 1.82) is 0 Å². The Morgan fingerprint density at radius 3 is 2.80 bits per heavy atom. The van der Waals surface area contributed by atoms with E-state index in [0.717, 1.165) is 0 Å². The van der Waals surface area contributed by atoms with Crippen molar-refractivity contribution < 1.29 is 9.53 Å². The summed E-state index contributed by atoms with van der Waals surface area (Å²) in [6.45, 7) is 1.99. The highest BCUT2D eigenvalue weighted by Gasteiger charge is 2.04. The van der Waals surface area contributed by atoms with Crippen molar-refractivity contribution in [3.8, 4) is 0 Å². The number of nitrogens with one attached hydrogen (secondary N) is 2. The van der Waals surface area contributed by atoms with Gasteiger partial charge < -0.3 is 10.1 Å². The molecule has 15 heavy (non-hydrogen) atoms. The van der Waals surface area contributed by atoms with Crippen LogP contribution in [0.2, 0.25) is 0 Å². The Bertz CT molecular complexity index is 344. The van der Waals surface area contributed by atoms with Crippen LogP contribution in [0.3, 0.4) is 0 Å². The van der Waals surface area contributed by atoms with Crippen LogP contribution < -0.4 is 10.6 Å². The number of thiocarbonyl (C=S) groups is 1. The van der Waals surface area contributed by atoms with Crippen LogP contribution in [0.25, 0.3) is 0 Å². The van der Waals surface area contributed by atoms with Crippen LogP contribution in [0.15, 0.2) is 18.5 Å². The van der Waals surface area contributed by atoms with Gasteiger partial charge in [0.25, 0.3) is 0 Å². The second-order valence-electron chi connectivity index (χ2n) is 2.37. The maximum Gasteiger partial charge on any atom is 0.413 e. The van der Waals surface area contributed by atoms with Gasteiger partial charge >= 0.3 is 6.09 Å². The number of alkyl carbamates (subject to hydrolysis) is 1. The second kappa shape index (κ2) is 5.86. The Morgan fingerprint density at radius 2 is 2.20 bits per heavy atom. The first-order valence-electron chi connectivity index (χ1n) is 4.24. The average Bonchev–Trinajstić information content (AvgIpc) is 2.19. The Kier molecular flexibility index (Phi) is 4.42. The zero-order valence-electron chi connectivity index (χ0n) is 8.06. The van der Waals surface area contributed by atoms with E-state index in [1.165, 1.54) is 0 Å². The van der Waals surface area contributed by atoms with Gasteiger partial charge in [0.05, 0.1) is 6.61 Å². The molecule has 0 saturated heterocycles. The van der Waals surface area contributed by atoms with Gasteiger partial charge in [-0.05, 0) is 25.2 Å². The summed E-state index contributed by atoms with van der Waals surface area (Å²) >= 11 is 4.82. The van der Waals surface area contributed by atoms with Gasteiger partial charge in [0.15, 0.2) is 5.11 Å². The maximum atomic E-state index is 10.9. The van der Waals surface area contributed by atoms with Gasteiger partial charge in [0.1, 0.15) is 0 Å². The summed E-state index contributed by atoms with van der Waals surface area (Å²) in [7, 11) is 0. The number of hydrogen-bond donors (Lipinski definition) is 2. The number of carbonyl (C=O) groups is 1. The van der Waals surface area contributed by atoms with Crippen LogP contribution in [0.4, 0.5) is 10.7 Å². The van der Waals surface area contributed by atoms with E-state index in [1.807, 2.05) is 0 Å². The quantitative estimate of drug-likeness (QED) is 0.730. The third-order valence-electron chi connectivity index (χ3n) is 1.28. The highest BCUT2D eigenvalue weighted by atomic mass is 32.1. The molecule has 0 spiro atoms. The molecular formula is C8H10N4O2S. The van der Waals surface area contributed by atoms with Crippen LogP contribution in [-0.4, -0.2) is 27.8 Å². The third kappa shape index (κ3) is 4.32. The van der Waals surface area contributed by atoms with E-state index in [2.05, 4.69) is 25.3 Å². The first-order chi connectivity index (χ1) is 7.22. The van der Waals surface area contributed by atoms with E-state index in [-0.39, 0.29) is 11.7 Å². The van der Waals surface area contributed by atoms with Crippen LogP contribution in [0, 0.1) is 0 Å². The van der Waals surface area contributed by atoms with Crippen molar-refractivity contribution in [3.05, 3.63) is 18.5 Å². The number of nitrogens with zero attached hydrogens (tertiary/aromatic N) is 2. The van der Waals surface area contributed by atoms with Crippen LogP contribution in [0.1, 0.15) is 6.92 Å². The van der Waals surface area contributed by atoms with Crippen LogP contribution in [0.5, 0.6) is 0 Å². The predicted molar refractivity (Wildman–Crippen MR) is 58.4 cm³/mol. The lowest BCUT2D eigenvalue weighted by Crippen LogP contribution is -2.35. The highest BCUT2D eigenvalue weighted by molar-refractivity contribution is 7.80. The highest BCUT2D eigenvalue weighted by Crippen LogP contribution is 1.93. The van der Waals surface area contributed by atoms with Gasteiger partial charge in [-0.15, -0.1) is 0 Å². The fraction of sp³-hybridized carbons (Fsp3) is 0.250. The van der Waals surface area contributed by atoms with Crippen molar-refractivity contribution in [2.45, 2.75) is 6.92 Å². The van der Waals surface area contributed by atoms with E-state index in [1.54, 1.807) is 25.4 Å². The third-order valence-corrected chi connectivity index (χ3v) is 1.49. The van der Waals surface area contributed by atoms with Crippen LogP contribution in [-0.2, 0) is 4.74 Å². The maximum absolute atomic E-state index is 10.9. The van der Waals surface area contributed by atoms with E-state index in [4.69, 9.17) is 12.2 Å². The van der Waals surface area contributed by atoms with E-state index in [9.17, 15) is 4.79 Å². The standard InChI is InChI=1S/C8H10N4O2S/c1-2-14-8(13)12-7(15)11-6-9-4-3-5-10-6/h3-5H,2H2,1H3,(H2,9,10,11,12,13,15). The van der Waals surface area contributed by atoms with Crippen molar-refractivity contribution in [3.63, 3.8) is 0 Å². The fourth-order valence-electron chi connectivity index (χ4n) is 0.756. The molecule has 0 unspecified atom stereocenters. The number of carbonyl (C=O) groups excluding carboxylic acids is 1. The summed E-state index contributed by atoms with van der Waals surface area (Å²) in [6.07, 6.45) is 2.51. The van der Waals surface area contributed by atoms with Crippen molar-refractivity contribution in [1.82, 2.24) is 15.3 Å². The van der Waals surface area contributed by atoms with Crippen LogP contribution >= 0.6 is 12.2 Å². The number of aromatic nitrogens is 2. The van der Waals surface area contributed by atoms with Gasteiger partial charge in [-0.2, -0.15) is 0 Å². The first kappa shape index (κ1) is 11.3. The van der Waals surface area contributed by atoms with Crippen molar-refractivity contribution in [2.24, 2.45) is 0 Å². The van der Waals surface area contributed by atoms with Gasteiger partial charge in [-0.1, -0.05) is 0 Å². The lowest BCUT2D eigenvalue weighted by Gasteiger charge is -2.07. The minimum atomic E-state index is -0.606. The molecule has 1 aromatic rings. The van der Waals surface area contributed by atoms with Gasteiger partial charge in [0, 0.05) is 12.4 Å². The minimum absolute atomic E-state index is 0.0969. The van der Waals surface area contributed by atoms with E-state index < -0.39 is 6.09 Å². The Morgan fingerprint density at radius 1 is 1.53 bits per heavy atom. The predicted octanol–water partition coefficient (Wildman–Crippen LogP) is 0.919. The monoisotopic (exact) mass is 226 g/mol. The number of anilines is 1. The molecule has 0 aliphatic carbocycles. The lowest BCUT2D eigenvalue weighted by molar-refractivity contribution is 0.158. The summed E-state index contributed by atoms with van der Waals surface area (Å²) in [6, 6.07) is 1.67. The molecule has 0 saturated carbocycles. The molecule has 7 heteroatoms. The molecule has 1 rings (SSSR count). The van der Waals surface area contributed by atoms with Gasteiger partial charge in [-0.25, -0.2) is 14.8 Å². The molecule has 0 radical (unpaired) electrons. The molecule has 0 atom stereocenters. The second-order valence-corrected chi connectivity index (χ2v) is 2.78. The molecule has 6 nitrogen and oxygen atoms in total. The molecule has 0 bridgehead atoms. The van der Waals surface area contributed by atoms with Gasteiger partial charge in [-0.3, -0.25) is 5.32 Å². The summed E-state index contributed by atoms with van der Waals surface area (Å²) < 4.78 is 4.63.